The highest BCUT2D eigenvalue weighted by atomic mass is 16.6. The Balaban J connectivity index is 1.38. The molecule has 1 aromatic carbocycles. The van der Waals surface area contributed by atoms with E-state index in [1.807, 2.05) is 30.3 Å². The first-order valence-electron chi connectivity index (χ1n) is 9.88. The van der Waals surface area contributed by atoms with Gasteiger partial charge in [-0.1, -0.05) is 37.3 Å². The lowest BCUT2D eigenvalue weighted by Gasteiger charge is -2.33. The molecule has 1 saturated heterocycles. The van der Waals surface area contributed by atoms with Crippen LogP contribution in [0.15, 0.2) is 30.3 Å². The van der Waals surface area contributed by atoms with Gasteiger partial charge < -0.3 is 15.0 Å². The lowest BCUT2D eigenvalue weighted by atomic mass is 9.86. The minimum Gasteiger partial charge on any atom is -0.445 e. The molecule has 0 spiro atoms. The number of likely N-dealkylation sites (tertiary alicyclic amines) is 1. The summed E-state index contributed by atoms with van der Waals surface area (Å²) in [7, 11) is 0. The third-order valence-corrected chi connectivity index (χ3v) is 5.69. The van der Waals surface area contributed by atoms with Gasteiger partial charge in [0.15, 0.2) is 0 Å². The molecule has 5 nitrogen and oxygen atoms in total. The highest BCUT2D eigenvalue weighted by Crippen LogP contribution is 2.25. The van der Waals surface area contributed by atoms with Gasteiger partial charge in [0.05, 0.1) is 0 Å². The minimum atomic E-state index is -0.283. The van der Waals surface area contributed by atoms with Gasteiger partial charge in [0, 0.05) is 25.0 Å². The Hall–Kier alpha value is -2.04. The number of carbonyl (C=O) groups excluding carboxylic acids is 2. The normalized spacial score (nSPS) is 24.1. The molecule has 2 aliphatic rings. The van der Waals surface area contributed by atoms with Crippen molar-refractivity contribution in [3.8, 4) is 0 Å². The first-order valence-corrected chi connectivity index (χ1v) is 9.88. The Bertz CT molecular complexity index is 589. The highest BCUT2D eigenvalue weighted by molar-refractivity contribution is 5.79. The van der Waals surface area contributed by atoms with E-state index in [9.17, 15) is 9.59 Å². The van der Waals surface area contributed by atoms with E-state index < -0.39 is 0 Å². The van der Waals surface area contributed by atoms with Crippen molar-refractivity contribution in [3.05, 3.63) is 35.9 Å². The average Bonchev–Trinajstić information content (AvgIpc) is 2.69. The highest BCUT2D eigenvalue weighted by Gasteiger charge is 2.29. The second-order valence-electron chi connectivity index (χ2n) is 7.77. The van der Waals surface area contributed by atoms with Crippen LogP contribution < -0.4 is 5.32 Å². The molecule has 3 rings (SSSR count). The number of ether oxygens (including phenoxy) is 1. The van der Waals surface area contributed by atoms with E-state index in [-0.39, 0.29) is 17.9 Å². The van der Waals surface area contributed by atoms with Gasteiger partial charge in [-0.2, -0.15) is 0 Å². The van der Waals surface area contributed by atoms with Crippen LogP contribution >= 0.6 is 0 Å². The number of nitrogens with zero attached hydrogens (tertiary/aromatic N) is 1. The summed E-state index contributed by atoms with van der Waals surface area (Å²) in [6.45, 7) is 3.76. The van der Waals surface area contributed by atoms with Crippen LogP contribution in [-0.2, 0) is 16.1 Å². The lowest BCUT2D eigenvalue weighted by molar-refractivity contribution is -0.127. The van der Waals surface area contributed by atoms with Gasteiger partial charge in [-0.05, 0) is 50.0 Å². The van der Waals surface area contributed by atoms with Crippen LogP contribution in [0.25, 0.3) is 0 Å². The standard InChI is InChI=1S/C21H30N2O3/c1-16-7-9-19(10-8-16)22-20(24)18-11-13-23(14-12-18)21(25)26-15-17-5-3-2-4-6-17/h2-6,16,18-19H,7-15H2,1H3,(H,22,24). The summed E-state index contributed by atoms with van der Waals surface area (Å²) in [6.07, 6.45) is 5.75. The van der Waals surface area contributed by atoms with Crippen LogP contribution in [0.3, 0.4) is 0 Å². The predicted octanol–water partition coefficient (Wildman–Crippen LogP) is 3.73. The predicted molar refractivity (Wildman–Crippen MR) is 100 cm³/mol. The monoisotopic (exact) mass is 358 g/mol. The number of benzene rings is 1. The van der Waals surface area contributed by atoms with Crippen LogP contribution in [0.4, 0.5) is 4.79 Å². The molecule has 5 heteroatoms. The Morgan fingerprint density at radius 1 is 1.04 bits per heavy atom. The number of amides is 2. The molecule has 0 radical (unpaired) electrons. The molecule has 2 amide bonds. The van der Waals surface area contributed by atoms with Crippen molar-refractivity contribution in [2.45, 2.75) is 58.1 Å². The van der Waals surface area contributed by atoms with Crippen molar-refractivity contribution >= 4 is 12.0 Å². The van der Waals surface area contributed by atoms with Gasteiger partial charge in [-0.15, -0.1) is 0 Å². The summed E-state index contributed by atoms with van der Waals surface area (Å²) >= 11 is 0. The third-order valence-electron chi connectivity index (χ3n) is 5.69. The Kier molecular flexibility index (Phi) is 6.53. The van der Waals surface area contributed by atoms with Gasteiger partial charge in [0.25, 0.3) is 0 Å². The van der Waals surface area contributed by atoms with E-state index in [1.165, 1.54) is 12.8 Å². The smallest absolute Gasteiger partial charge is 0.410 e. The van der Waals surface area contributed by atoms with E-state index in [1.54, 1.807) is 4.90 Å². The van der Waals surface area contributed by atoms with E-state index in [0.29, 0.717) is 25.7 Å². The third kappa shape index (κ3) is 5.23. The van der Waals surface area contributed by atoms with Crippen LogP contribution in [-0.4, -0.2) is 36.0 Å². The largest absolute Gasteiger partial charge is 0.445 e. The van der Waals surface area contributed by atoms with Crippen LogP contribution in [0.2, 0.25) is 0 Å². The molecule has 1 heterocycles. The number of hydrogen-bond donors (Lipinski definition) is 1. The van der Waals surface area contributed by atoms with E-state index in [0.717, 1.165) is 37.2 Å². The summed E-state index contributed by atoms with van der Waals surface area (Å²) in [5.41, 5.74) is 0.983. The summed E-state index contributed by atoms with van der Waals surface area (Å²) in [6, 6.07) is 10.0. The molecule has 1 aliphatic heterocycles. The van der Waals surface area contributed by atoms with E-state index in [2.05, 4.69) is 12.2 Å². The van der Waals surface area contributed by atoms with Crippen molar-refractivity contribution in [1.29, 1.82) is 0 Å². The Morgan fingerprint density at radius 3 is 2.35 bits per heavy atom. The molecule has 1 aliphatic carbocycles. The fraction of sp³-hybridized carbons (Fsp3) is 0.619. The fourth-order valence-electron chi connectivity index (χ4n) is 3.86. The molecule has 0 unspecified atom stereocenters. The second kappa shape index (κ2) is 9.06. The molecule has 0 atom stereocenters. The molecule has 2 fully saturated rings. The quantitative estimate of drug-likeness (QED) is 0.892. The number of hydrogen-bond acceptors (Lipinski definition) is 3. The summed E-state index contributed by atoms with van der Waals surface area (Å²) in [4.78, 5) is 26.4. The molecule has 0 bridgehead atoms. The molecule has 1 saturated carbocycles. The van der Waals surface area contributed by atoms with Crippen LogP contribution in [0.5, 0.6) is 0 Å². The number of piperidine rings is 1. The molecule has 142 valence electrons. The Labute approximate surface area is 156 Å². The maximum absolute atomic E-state index is 12.5. The summed E-state index contributed by atoms with van der Waals surface area (Å²) < 4.78 is 5.38. The van der Waals surface area contributed by atoms with Crippen LogP contribution in [0.1, 0.15) is 51.0 Å². The van der Waals surface area contributed by atoms with Gasteiger partial charge >= 0.3 is 6.09 Å². The molecule has 1 aromatic rings. The molecular weight excluding hydrogens is 328 g/mol. The van der Waals surface area contributed by atoms with Crippen molar-refractivity contribution < 1.29 is 14.3 Å². The zero-order chi connectivity index (χ0) is 18.4. The lowest BCUT2D eigenvalue weighted by Crippen LogP contribution is -2.46. The van der Waals surface area contributed by atoms with Crippen molar-refractivity contribution in [1.82, 2.24) is 10.2 Å². The van der Waals surface area contributed by atoms with Crippen molar-refractivity contribution in [2.24, 2.45) is 11.8 Å². The summed E-state index contributed by atoms with van der Waals surface area (Å²) in [5.74, 6) is 0.975. The molecule has 26 heavy (non-hydrogen) atoms. The van der Waals surface area contributed by atoms with Gasteiger partial charge in [-0.3, -0.25) is 4.79 Å². The number of rotatable bonds is 4. The van der Waals surface area contributed by atoms with Gasteiger partial charge in [-0.25, -0.2) is 4.79 Å². The topological polar surface area (TPSA) is 58.6 Å². The van der Waals surface area contributed by atoms with Crippen molar-refractivity contribution in [2.75, 3.05) is 13.1 Å². The average molecular weight is 358 g/mol. The molecule has 0 aromatic heterocycles. The van der Waals surface area contributed by atoms with Crippen molar-refractivity contribution in [3.63, 3.8) is 0 Å². The van der Waals surface area contributed by atoms with Crippen LogP contribution in [0, 0.1) is 11.8 Å². The SMILES string of the molecule is CC1CCC(NC(=O)C2CCN(C(=O)OCc3ccccc3)CC2)CC1. The van der Waals surface area contributed by atoms with E-state index >= 15 is 0 Å². The maximum atomic E-state index is 12.5. The first-order chi connectivity index (χ1) is 12.6. The first kappa shape index (κ1) is 18.7. The second-order valence-corrected chi connectivity index (χ2v) is 7.77. The zero-order valence-electron chi connectivity index (χ0n) is 15.7. The zero-order valence-corrected chi connectivity index (χ0v) is 15.7. The number of nitrogens with one attached hydrogen (secondary N) is 1. The van der Waals surface area contributed by atoms with E-state index in [4.69, 9.17) is 4.74 Å². The fourth-order valence-corrected chi connectivity index (χ4v) is 3.86. The molecule has 1 N–H and O–H groups in total. The Morgan fingerprint density at radius 2 is 1.69 bits per heavy atom. The number of carbonyl (C=O) groups is 2. The van der Waals surface area contributed by atoms with Gasteiger partial charge in [0.2, 0.25) is 5.91 Å². The maximum Gasteiger partial charge on any atom is 0.410 e. The summed E-state index contributed by atoms with van der Waals surface area (Å²) in [5, 5.41) is 3.23. The minimum absolute atomic E-state index is 0.0209. The van der Waals surface area contributed by atoms with Gasteiger partial charge in [0.1, 0.15) is 6.61 Å². The molecular formula is C21H30N2O3.